The highest BCUT2D eigenvalue weighted by atomic mass is 16.6. The Kier molecular flexibility index (Phi) is 1.18. The first-order valence-electron chi connectivity index (χ1n) is 2.27. The lowest BCUT2D eigenvalue weighted by atomic mass is 10.7. The predicted molar refractivity (Wildman–Crippen MR) is 29.7 cm³/mol. The van der Waals surface area contributed by atoms with Crippen LogP contribution >= 0.6 is 0 Å². The quantitative estimate of drug-likeness (QED) is 0.358. The number of aromatic amines is 2. The zero-order chi connectivity index (χ0) is 7.72. The number of hydrogen-bond donors (Lipinski definition) is 3. The largest absolute Gasteiger partial charge is 0.489 e. The van der Waals surface area contributed by atoms with Gasteiger partial charge >= 0.3 is 11.5 Å². The molecule has 1 heterocycles. The fourth-order valence-corrected chi connectivity index (χ4v) is 0.497. The minimum Gasteiger partial charge on any atom is -0.489 e. The highest BCUT2D eigenvalue weighted by molar-refractivity contribution is 5.29. The average molecular weight is 145 g/mol. The van der Waals surface area contributed by atoms with E-state index < -0.39 is 22.3 Å². The molecule has 0 atom stereocenters. The van der Waals surface area contributed by atoms with Crippen LogP contribution < -0.4 is 5.69 Å². The third-order valence-electron chi connectivity index (χ3n) is 0.871. The van der Waals surface area contributed by atoms with Crippen molar-refractivity contribution in [2.24, 2.45) is 0 Å². The van der Waals surface area contributed by atoms with Crippen molar-refractivity contribution < 1.29 is 10.0 Å². The van der Waals surface area contributed by atoms with Crippen LogP contribution in [0.4, 0.5) is 5.82 Å². The fraction of sp³-hybridized carbons (Fsp3) is 0. The number of rotatable bonds is 1. The van der Waals surface area contributed by atoms with E-state index in [1.165, 1.54) is 0 Å². The zero-order valence-corrected chi connectivity index (χ0v) is 4.62. The van der Waals surface area contributed by atoms with Crippen molar-refractivity contribution in [1.82, 2.24) is 9.97 Å². The summed E-state index contributed by atoms with van der Waals surface area (Å²) in [6.45, 7) is 0. The van der Waals surface area contributed by atoms with E-state index in [0.29, 0.717) is 0 Å². The Bertz CT molecular complexity index is 310. The Labute approximate surface area is 53.5 Å². The summed E-state index contributed by atoms with van der Waals surface area (Å²) in [5.74, 6) is -1.47. The van der Waals surface area contributed by atoms with Crippen LogP contribution in [-0.4, -0.2) is 20.0 Å². The monoisotopic (exact) mass is 145 g/mol. The van der Waals surface area contributed by atoms with Crippen LogP contribution in [0.2, 0.25) is 0 Å². The van der Waals surface area contributed by atoms with Gasteiger partial charge in [-0.25, -0.2) is 4.79 Å². The molecule has 0 radical (unpaired) electrons. The molecule has 0 fully saturated rings. The molecule has 3 N–H and O–H groups in total. The summed E-state index contributed by atoms with van der Waals surface area (Å²) in [5, 5.41) is 18.5. The molecule has 1 aromatic rings. The molecule has 0 saturated heterocycles. The molecule has 0 aliphatic rings. The second-order valence-corrected chi connectivity index (χ2v) is 1.53. The summed E-state index contributed by atoms with van der Waals surface area (Å²) in [7, 11) is 0. The van der Waals surface area contributed by atoms with Gasteiger partial charge in [0.05, 0.1) is 0 Å². The molecule has 10 heavy (non-hydrogen) atoms. The summed E-state index contributed by atoms with van der Waals surface area (Å²) in [6, 6.07) is 0. The molecule has 0 unspecified atom stereocenters. The Morgan fingerprint density at radius 2 is 2.10 bits per heavy atom. The van der Waals surface area contributed by atoms with E-state index in [2.05, 4.69) is 0 Å². The van der Waals surface area contributed by atoms with Crippen molar-refractivity contribution in [1.29, 1.82) is 0 Å². The van der Waals surface area contributed by atoms with Gasteiger partial charge in [-0.3, -0.25) is 4.98 Å². The normalized spacial score (nSPS) is 9.60. The Balaban J connectivity index is 3.28. The molecule has 0 amide bonds. The molecule has 0 saturated carbocycles. The van der Waals surface area contributed by atoms with Crippen LogP contribution in [0.3, 0.4) is 0 Å². The van der Waals surface area contributed by atoms with Crippen molar-refractivity contribution in [3.05, 3.63) is 20.6 Å². The number of aromatic hydroxyl groups is 1. The smallest absolute Gasteiger partial charge is 0.413 e. The van der Waals surface area contributed by atoms with Crippen LogP contribution in [0, 0.1) is 10.1 Å². The number of nitro groups is 1. The number of nitrogens with zero attached hydrogens (tertiary/aromatic N) is 1. The average Bonchev–Trinajstić information content (AvgIpc) is 2.10. The number of H-pyrrole nitrogens is 2. The topological polar surface area (TPSA) is 112 Å². The van der Waals surface area contributed by atoms with Gasteiger partial charge in [-0.1, -0.05) is 0 Å². The summed E-state index contributed by atoms with van der Waals surface area (Å²) in [4.78, 5) is 22.8. The molecular weight excluding hydrogens is 142 g/mol. The lowest BCUT2D eigenvalue weighted by molar-refractivity contribution is -0.390. The second kappa shape index (κ2) is 1.87. The van der Waals surface area contributed by atoms with Gasteiger partial charge in [0, 0.05) is 0 Å². The molecule has 0 bridgehead atoms. The Morgan fingerprint density at radius 1 is 1.50 bits per heavy atom. The molecule has 7 heteroatoms. The van der Waals surface area contributed by atoms with E-state index in [9.17, 15) is 14.9 Å². The molecule has 54 valence electrons. The molecule has 0 aliphatic heterocycles. The third-order valence-corrected chi connectivity index (χ3v) is 0.871. The predicted octanol–water partition coefficient (Wildman–Crippen LogP) is -0.683. The van der Waals surface area contributed by atoms with Crippen LogP contribution in [0.25, 0.3) is 0 Å². The van der Waals surface area contributed by atoms with Crippen molar-refractivity contribution in [2.45, 2.75) is 0 Å². The molecule has 0 spiro atoms. The fourth-order valence-electron chi connectivity index (χ4n) is 0.497. The lowest BCUT2D eigenvalue weighted by Crippen LogP contribution is -2.00. The SMILES string of the molecule is O=c1[nH]c(O)c([N+](=O)[O-])[nH]1. The zero-order valence-electron chi connectivity index (χ0n) is 4.62. The van der Waals surface area contributed by atoms with Crippen LogP contribution in [0.1, 0.15) is 0 Å². The highest BCUT2D eigenvalue weighted by Gasteiger charge is 2.14. The van der Waals surface area contributed by atoms with Crippen LogP contribution in [-0.2, 0) is 0 Å². The van der Waals surface area contributed by atoms with Crippen molar-refractivity contribution in [2.75, 3.05) is 0 Å². The van der Waals surface area contributed by atoms with Crippen LogP contribution in [0.5, 0.6) is 5.88 Å². The van der Waals surface area contributed by atoms with Crippen molar-refractivity contribution in [3.8, 4) is 5.88 Å². The van der Waals surface area contributed by atoms with E-state index >= 15 is 0 Å². The van der Waals surface area contributed by atoms with E-state index in [0.717, 1.165) is 0 Å². The summed E-state index contributed by atoms with van der Waals surface area (Å²) in [5.41, 5.74) is -0.802. The first-order valence-corrected chi connectivity index (χ1v) is 2.27. The number of imidazole rings is 1. The minimum absolute atomic E-state index is 0.718. The van der Waals surface area contributed by atoms with Gasteiger partial charge in [-0.2, -0.15) is 4.98 Å². The summed E-state index contributed by atoms with van der Waals surface area (Å²) in [6.07, 6.45) is 0. The molecule has 1 aromatic heterocycles. The molecule has 0 aliphatic carbocycles. The van der Waals surface area contributed by atoms with E-state index in [-0.39, 0.29) is 0 Å². The van der Waals surface area contributed by atoms with Crippen LogP contribution in [0.15, 0.2) is 4.79 Å². The number of aromatic nitrogens is 2. The Morgan fingerprint density at radius 3 is 2.30 bits per heavy atom. The van der Waals surface area contributed by atoms with Gasteiger partial charge < -0.3 is 15.2 Å². The van der Waals surface area contributed by atoms with E-state index in [1.807, 2.05) is 0 Å². The van der Waals surface area contributed by atoms with Gasteiger partial charge in [0.15, 0.2) is 0 Å². The van der Waals surface area contributed by atoms with Gasteiger partial charge in [0.25, 0.3) is 5.88 Å². The maximum atomic E-state index is 10.2. The summed E-state index contributed by atoms with van der Waals surface area (Å²) < 4.78 is 0. The van der Waals surface area contributed by atoms with E-state index in [1.54, 1.807) is 9.97 Å². The highest BCUT2D eigenvalue weighted by Crippen LogP contribution is 2.15. The maximum Gasteiger partial charge on any atom is 0.413 e. The third kappa shape index (κ3) is 0.835. The summed E-state index contributed by atoms with van der Waals surface area (Å²) >= 11 is 0. The van der Waals surface area contributed by atoms with Gasteiger partial charge in [0.2, 0.25) is 0 Å². The van der Waals surface area contributed by atoms with E-state index in [4.69, 9.17) is 5.11 Å². The van der Waals surface area contributed by atoms with Gasteiger partial charge in [0.1, 0.15) is 0 Å². The lowest BCUT2D eigenvalue weighted by Gasteiger charge is -1.86. The van der Waals surface area contributed by atoms with Crippen molar-refractivity contribution in [3.63, 3.8) is 0 Å². The number of nitrogens with one attached hydrogen (secondary N) is 2. The van der Waals surface area contributed by atoms with Gasteiger partial charge in [-0.05, 0) is 4.92 Å². The minimum atomic E-state index is -0.896. The Hall–Kier alpha value is -1.79. The first-order chi connectivity index (χ1) is 4.61. The maximum absolute atomic E-state index is 10.2. The molecular formula is C3H3N3O4. The molecule has 7 nitrogen and oxygen atoms in total. The first kappa shape index (κ1) is 6.33. The van der Waals surface area contributed by atoms with Crippen molar-refractivity contribution >= 4 is 5.82 Å². The van der Waals surface area contributed by atoms with Gasteiger partial charge in [-0.15, -0.1) is 0 Å². The second-order valence-electron chi connectivity index (χ2n) is 1.53. The molecule has 1 rings (SSSR count). The number of hydrogen-bond acceptors (Lipinski definition) is 4. The molecule has 0 aromatic carbocycles. The standard InChI is InChI=1S/C3H3N3O4/c7-2-1(6(9)10)4-3(8)5-2/h7H,(H2,4,5,8).